The highest BCUT2D eigenvalue weighted by molar-refractivity contribution is 8.24. The third kappa shape index (κ3) is 6.90. The largest absolute Gasteiger partial charge is 0.743 e. The highest BCUT2D eigenvalue weighted by atomic mass is 32.2. The van der Waals surface area contributed by atoms with Gasteiger partial charge in [0, 0.05) is 6.42 Å². The van der Waals surface area contributed by atoms with Crippen molar-refractivity contribution in [2.24, 2.45) is 0 Å². The molecule has 1 aromatic carbocycles. The average molecular weight is 487 g/mol. The maximum atomic E-state index is 13.3. The first-order valence-electron chi connectivity index (χ1n) is 8.21. The van der Waals surface area contributed by atoms with Gasteiger partial charge in [0.2, 0.25) is 0 Å². The topological polar surface area (TPSA) is 107 Å². The van der Waals surface area contributed by atoms with Gasteiger partial charge in [-0.1, -0.05) is 54.3 Å². The molecule has 0 N–H and O–H groups in total. The Morgan fingerprint density at radius 2 is 1.80 bits per heavy atom. The van der Waals surface area contributed by atoms with Gasteiger partial charge in [0.15, 0.2) is 10.1 Å². The molecular weight excluding hydrogens is 470 g/mol. The molecule has 1 aromatic rings. The van der Waals surface area contributed by atoms with Gasteiger partial charge in [0.05, 0.1) is 23.3 Å². The van der Waals surface area contributed by atoms with E-state index < -0.39 is 51.5 Å². The minimum atomic E-state index is -6.60. The van der Waals surface area contributed by atoms with Crippen LogP contribution in [0.25, 0.3) is 0 Å². The number of esters is 1. The number of halogens is 4. The lowest BCUT2D eigenvalue weighted by molar-refractivity contribution is -0.174. The number of nitriles is 1. The molecule has 0 fully saturated rings. The zero-order valence-electron chi connectivity index (χ0n) is 15.4. The summed E-state index contributed by atoms with van der Waals surface area (Å²) in [4.78, 5) is 11.7. The van der Waals surface area contributed by atoms with Crippen LogP contribution >= 0.6 is 24.0 Å². The van der Waals surface area contributed by atoms with E-state index in [1.165, 1.54) is 6.92 Å². The number of hydrogen-bond acceptors (Lipinski definition) is 8. The molecule has 0 heterocycles. The van der Waals surface area contributed by atoms with E-state index in [-0.39, 0.29) is 6.42 Å². The molecule has 6 nitrogen and oxygen atoms in total. The molecule has 0 aromatic heterocycles. The Kier molecular flexibility index (Phi) is 8.80. The molecule has 0 aliphatic rings. The van der Waals surface area contributed by atoms with Crippen molar-refractivity contribution < 1.29 is 40.1 Å². The van der Waals surface area contributed by atoms with Gasteiger partial charge in [0.25, 0.3) is 0 Å². The molecular formula is C17H16F4NO5S3-. The van der Waals surface area contributed by atoms with Gasteiger partial charge < -0.3 is 9.29 Å². The van der Waals surface area contributed by atoms with E-state index in [2.05, 4.69) is 4.74 Å². The van der Waals surface area contributed by atoms with E-state index in [0.29, 0.717) is 9.76 Å². The van der Waals surface area contributed by atoms with Crippen molar-refractivity contribution in [3.8, 4) is 6.07 Å². The number of nitrogens with zero attached hydrogens (tertiary/aromatic N) is 1. The number of hydrogen-bond donors (Lipinski definition) is 0. The van der Waals surface area contributed by atoms with Crippen LogP contribution in [0.4, 0.5) is 17.6 Å². The quantitative estimate of drug-likeness (QED) is 0.212. The molecule has 1 rings (SSSR count). The predicted octanol–water partition coefficient (Wildman–Crippen LogP) is 3.86. The molecule has 0 saturated carbocycles. The third-order valence-corrected chi connectivity index (χ3v) is 6.37. The number of carbonyl (C=O) groups excluding carboxylic acids is 1. The van der Waals surface area contributed by atoms with E-state index in [1.807, 2.05) is 6.07 Å². The molecule has 0 bridgehead atoms. The summed E-state index contributed by atoms with van der Waals surface area (Å²) in [5.74, 6) is -6.28. The fourth-order valence-electron chi connectivity index (χ4n) is 2.00. The zero-order chi connectivity index (χ0) is 23.2. The molecule has 30 heavy (non-hydrogen) atoms. The van der Waals surface area contributed by atoms with Crippen LogP contribution in [0.2, 0.25) is 0 Å². The maximum absolute atomic E-state index is 13.3. The van der Waals surface area contributed by atoms with Crippen LogP contribution in [-0.4, -0.2) is 45.7 Å². The maximum Gasteiger partial charge on any atom is 0.396 e. The van der Waals surface area contributed by atoms with E-state index >= 15 is 0 Å². The van der Waals surface area contributed by atoms with Crippen molar-refractivity contribution >= 4 is 44.3 Å². The van der Waals surface area contributed by atoms with Crippen LogP contribution < -0.4 is 0 Å². The molecule has 1 unspecified atom stereocenters. The first-order valence-corrected chi connectivity index (χ1v) is 10.8. The van der Waals surface area contributed by atoms with Crippen molar-refractivity contribution in [3.63, 3.8) is 0 Å². The average Bonchev–Trinajstić information content (AvgIpc) is 2.66. The summed E-state index contributed by atoms with van der Waals surface area (Å²) in [6, 6.07) is 10.8. The van der Waals surface area contributed by atoms with Gasteiger partial charge in [-0.05, 0) is 18.9 Å². The first kappa shape index (κ1) is 26.3. The van der Waals surface area contributed by atoms with Crippen molar-refractivity contribution in [1.82, 2.24) is 0 Å². The fourth-order valence-corrected chi connectivity index (χ4v) is 4.07. The number of carbonyl (C=O) groups is 1. The minimum Gasteiger partial charge on any atom is -0.743 e. The second-order valence-electron chi connectivity index (χ2n) is 6.24. The summed E-state index contributed by atoms with van der Waals surface area (Å²) in [5, 5.41) is 3.55. The molecule has 0 radical (unpaired) electrons. The zero-order valence-corrected chi connectivity index (χ0v) is 17.9. The molecule has 0 aliphatic heterocycles. The predicted molar refractivity (Wildman–Crippen MR) is 104 cm³/mol. The van der Waals surface area contributed by atoms with Crippen LogP contribution in [0.15, 0.2) is 30.3 Å². The molecule has 0 amide bonds. The van der Waals surface area contributed by atoms with Crippen molar-refractivity contribution in [2.75, 3.05) is 6.61 Å². The lowest BCUT2D eigenvalue weighted by Gasteiger charge is -2.28. The summed E-state index contributed by atoms with van der Waals surface area (Å²) in [6.45, 7) is 0.268. The summed E-state index contributed by atoms with van der Waals surface area (Å²) in [6.07, 6.45) is -2.35. The van der Waals surface area contributed by atoms with Gasteiger partial charge in [-0.15, -0.1) is 0 Å². The standard InChI is InChI=1S/C17H17F4NO5S3/c1-15(11-22,29-14(28)12-5-3-2-4-6-12)8-7-13(23)27-10-9-16(18,19)17(20,21)30(24,25)26/h2-6H,7-10H2,1H3,(H,24,25,26)/p-1. The Hall–Kier alpha value is -1.75. The lowest BCUT2D eigenvalue weighted by Crippen LogP contribution is -2.47. The Morgan fingerprint density at radius 3 is 2.30 bits per heavy atom. The number of benzene rings is 1. The van der Waals surface area contributed by atoms with Crippen molar-refractivity contribution in [2.45, 2.75) is 42.1 Å². The second kappa shape index (κ2) is 10.0. The van der Waals surface area contributed by atoms with Crippen LogP contribution in [0.5, 0.6) is 0 Å². The number of thioether (sulfide) groups is 1. The Morgan fingerprint density at radius 1 is 1.23 bits per heavy atom. The van der Waals surface area contributed by atoms with Crippen molar-refractivity contribution in [1.29, 1.82) is 5.26 Å². The van der Waals surface area contributed by atoms with Crippen LogP contribution in [0.1, 0.15) is 31.7 Å². The summed E-state index contributed by atoms with van der Waals surface area (Å²) < 4.78 is 87.2. The van der Waals surface area contributed by atoms with Crippen molar-refractivity contribution in [3.05, 3.63) is 35.9 Å². The van der Waals surface area contributed by atoms with Gasteiger partial charge in [-0.2, -0.15) is 22.8 Å². The van der Waals surface area contributed by atoms with Crippen LogP contribution in [0, 0.1) is 11.3 Å². The second-order valence-corrected chi connectivity index (χ2v) is 9.85. The molecule has 166 valence electrons. The van der Waals surface area contributed by atoms with Crippen LogP contribution in [-0.2, 0) is 19.6 Å². The molecule has 1 atom stereocenters. The number of alkyl halides is 4. The molecule has 13 heteroatoms. The summed E-state index contributed by atoms with van der Waals surface area (Å²) in [5.41, 5.74) is 0.693. The van der Waals surface area contributed by atoms with Gasteiger partial charge >= 0.3 is 17.1 Å². The number of thiocarbonyl (C=S) groups is 1. The first-order chi connectivity index (χ1) is 13.7. The Bertz CT molecular complexity index is 919. The van der Waals surface area contributed by atoms with E-state index in [0.717, 1.165) is 11.8 Å². The molecule has 0 aliphatic carbocycles. The third-order valence-electron chi connectivity index (χ3n) is 3.79. The van der Waals surface area contributed by atoms with Crippen LogP contribution in [0.3, 0.4) is 0 Å². The number of rotatable bonds is 10. The van der Waals surface area contributed by atoms with E-state index in [1.54, 1.807) is 30.3 Å². The van der Waals surface area contributed by atoms with Gasteiger partial charge in [-0.25, -0.2) is 8.42 Å². The normalized spacial score (nSPS) is 14.4. The summed E-state index contributed by atoms with van der Waals surface area (Å²) >= 11 is 6.28. The lowest BCUT2D eigenvalue weighted by atomic mass is 10.1. The highest BCUT2D eigenvalue weighted by Crippen LogP contribution is 2.40. The smallest absolute Gasteiger partial charge is 0.396 e. The highest BCUT2D eigenvalue weighted by Gasteiger charge is 2.61. The SMILES string of the molecule is CC(C#N)(CCC(=O)OCCC(F)(F)C(F)(F)S(=O)(=O)[O-])SC(=S)c1ccccc1. The molecule has 0 spiro atoms. The fraction of sp³-hybridized carbons (Fsp3) is 0.471. The van der Waals surface area contributed by atoms with E-state index in [4.69, 9.17) is 12.2 Å². The van der Waals surface area contributed by atoms with Gasteiger partial charge in [-0.3, -0.25) is 4.79 Å². The minimum absolute atomic E-state index is 0.0819. The Balaban J connectivity index is 2.58. The Labute approximate surface area is 180 Å². The number of ether oxygens (including phenoxy) is 1. The van der Waals surface area contributed by atoms with E-state index in [9.17, 15) is 40.6 Å². The summed E-state index contributed by atoms with van der Waals surface area (Å²) in [7, 11) is -6.60. The molecule has 0 saturated heterocycles. The monoisotopic (exact) mass is 486 g/mol. The van der Waals surface area contributed by atoms with Gasteiger partial charge in [0.1, 0.15) is 4.75 Å².